The third kappa shape index (κ3) is 5.07. The van der Waals surface area contributed by atoms with Crippen molar-refractivity contribution in [3.05, 3.63) is 46.2 Å². The second-order valence-corrected chi connectivity index (χ2v) is 9.79. The van der Waals surface area contributed by atoms with Crippen LogP contribution in [0.1, 0.15) is 61.2 Å². The molecule has 2 aromatic heterocycles. The number of thiazole rings is 1. The number of hydrogen-bond donors (Lipinski definition) is 1. The number of amides is 1. The van der Waals surface area contributed by atoms with Crippen molar-refractivity contribution in [3.8, 4) is 0 Å². The van der Waals surface area contributed by atoms with Crippen molar-refractivity contribution in [3.63, 3.8) is 0 Å². The predicted molar refractivity (Wildman–Crippen MR) is 118 cm³/mol. The molecule has 0 unspecified atom stereocenters. The number of rotatable bonds is 6. The first-order valence-corrected chi connectivity index (χ1v) is 11.9. The van der Waals surface area contributed by atoms with Crippen LogP contribution < -0.4 is 0 Å². The Balaban J connectivity index is 1.31. The molecule has 2 fully saturated rings. The van der Waals surface area contributed by atoms with Gasteiger partial charge in [0.1, 0.15) is 10.6 Å². The average molecular weight is 429 g/mol. The average Bonchev–Trinajstić information content (AvgIpc) is 3.24. The normalized spacial score (nSPS) is 19.9. The maximum absolute atomic E-state index is 12.8. The van der Waals surface area contributed by atoms with Gasteiger partial charge >= 0.3 is 0 Å². The third-order valence-corrected chi connectivity index (χ3v) is 7.30. The highest BCUT2D eigenvalue weighted by molar-refractivity contribution is 7.09. The zero-order chi connectivity index (χ0) is 21.0. The van der Waals surface area contributed by atoms with Crippen LogP contribution in [0.2, 0.25) is 0 Å². The van der Waals surface area contributed by atoms with Gasteiger partial charge in [-0.3, -0.25) is 14.7 Å². The first-order valence-electron chi connectivity index (χ1n) is 11.1. The van der Waals surface area contributed by atoms with Crippen molar-refractivity contribution in [2.24, 2.45) is 5.92 Å². The Morgan fingerprint density at radius 2 is 2.03 bits per heavy atom. The van der Waals surface area contributed by atoms with E-state index in [1.165, 1.54) is 24.8 Å². The van der Waals surface area contributed by atoms with Crippen LogP contribution in [-0.2, 0) is 23.5 Å². The number of carbonyl (C=O) groups is 1. The first kappa shape index (κ1) is 21.4. The lowest BCUT2D eigenvalue weighted by molar-refractivity contribution is -0.141. The van der Waals surface area contributed by atoms with Crippen LogP contribution in [0.5, 0.6) is 0 Å². The molecular weight excluding hydrogens is 396 g/mol. The van der Waals surface area contributed by atoms with E-state index in [1.54, 1.807) is 17.5 Å². The Bertz CT molecular complexity index is 827. The van der Waals surface area contributed by atoms with Gasteiger partial charge in [0, 0.05) is 43.3 Å². The fourth-order valence-electron chi connectivity index (χ4n) is 4.65. The van der Waals surface area contributed by atoms with Gasteiger partial charge in [-0.25, -0.2) is 4.98 Å². The molecule has 1 amide bonds. The molecule has 0 atom stereocenters. The first-order chi connectivity index (χ1) is 14.5. The largest absolute Gasteiger partial charge is 0.383 e. The van der Waals surface area contributed by atoms with E-state index >= 15 is 0 Å². The minimum absolute atomic E-state index is 0.200. The zero-order valence-electron chi connectivity index (χ0n) is 17.8. The highest BCUT2D eigenvalue weighted by atomic mass is 32.1. The lowest BCUT2D eigenvalue weighted by Crippen LogP contribution is -2.47. The molecular formula is C23H32N4O2S. The lowest BCUT2D eigenvalue weighted by Gasteiger charge is -2.39. The van der Waals surface area contributed by atoms with E-state index in [2.05, 4.69) is 23.0 Å². The predicted octanol–water partition coefficient (Wildman–Crippen LogP) is 3.56. The standard InChI is InChI=1S/C23H32N4O2S/c1-26(15-18-6-5-11-24-14-18)16-21-25-20(17-30-21)23(29)9-12-27(13-10-23)22(28)19-7-3-2-4-8-19/h5-6,11,14,17,19,29H,2-4,7-10,12-13,15-16H2,1H3. The van der Waals surface area contributed by atoms with E-state index in [-0.39, 0.29) is 5.92 Å². The number of nitrogens with zero attached hydrogens (tertiary/aromatic N) is 4. The molecule has 1 saturated heterocycles. The smallest absolute Gasteiger partial charge is 0.225 e. The number of aliphatic hydroxyl groups is 1. The van der Waals surface area contributed by atoms with E-state index < -0.39 is 5.60 Å². The summed E-state index contributed by atoms with van der Waals surface area (Å²) in [7, 11) is 2.07. The molecule has 2 aliphatic rings. The van der Waals surface area contributed by atoms with E-state index in [4.69, 9.17) is 4.98 Å². The van der Waals surface area contributed by atoms with Gasteiger partial charge in [0.2, 0.25) is 5.91 Å². The minimum Gasteiger partial charge on any atom is -0.383 e. The topological polar surface area (TPSA) is 69.6 Å². The van der Waals surface area contributed by atoms with Crippen LogP contribution in [0.15, 0.2) is 29.9 Å². The molecule has 0 bridgehead atoms. The van der Waals surface area contributed by atoms with Gasteiger partial charge in [-0.05, 0) is 44.4 Å². The van der Waals surface area contributed by atoms with E-state index in [0.717, 1.165) is 36.6 Å². The highest BCUT2D eigenvalue weighted by Crippen LogP contribution is 2.35. The van der Waals surface area contributed by atoms with Gasteiger partial charge in [-0.2, -0.15) is 0 Å². The number of carbonyl (C=O) groups excluding carboxylic acids is 1. The minimum atomic E-state index is -0.917. The SMILES string of the molecule is CN(Cc1cccnc1)Cc1nc(C2(O)CCN(C(=O)C3CCCCC3)CC2)cs1. The highest BCUT2D eigenvalue weighted by Gasteiger charge is 2.38. The molecule has 3 heterocycles. The van der Waals surface area contributed by atoms with Crippen molar-refractivity contribution in [2.75, 3.05) is 20.1 Å². The van der Waals surface area contributed by atoms with Crippen molar-refractivity contribution in [1.29, 1.82) is 0 Å². The Kier molecular flexibility index (Phi) is 6.80. The summed E-state index contributed by atoms with van der Waals surface area (Å²) in [5.74, 6) is 0.499. The Hall–Kier alpha value is -1.83. The second-order valence-electron chi connectivity index (χ2n) is 8.85. The molecule has 1 aliphatic heterocycles. The third-order valence-electron chi connectivity index (χ3n) is 6.47. The molecule has 30 heavy (non-hydrogen) atoms. The van der Waals surface area contributed by atoms with E-state index in [9.17, 15) is 9.90 Å². The van der Waals surface area contributed by atoms with Gasteiger partial charge in [0.15, 0.2) is 0 Å². The van der Waals surface area contributed by atoms with Crippen LogP contribution in [0, 0.1) is 5.92 Å². The van der Waals surface area contributed by atoms with E-state index in [1.807, 2.05) is 22.5 Å². The lowest BCUT2D eigenvalue weighted by atomic mass is 9.85. The molecule has 7 heteroatoms. The molecule has 162 valence electrons. The zero-order valence-corrected chi connectivity index (χ0v) is 18.6. The monoisotopic (exact) mass is 428 g/mol. The van der Waals surface area contributed by atoms with Crippen molar-refractivity contribution in [2.45, 2.75) is 63.6 Å². The Morgan fingerprint density at radius 3 is 2.73 bits per heavy atom. The van der Waals surface area contributed by atoms with E-state index in [0.29, 0.717) is 31.8 Å². The summed E-state index contributed by atoms with van der Waals surface area (Å²) in [5, 5.41) is 14.2. The molecule has 0 aromatic carbocycles. The van der Waals surface area contributed by atoms with Crippen molar-refractivity contribution in [1.82, 2.24) is 19.8 Å². The van der Waals surface area contributed by atoms with Crippen molar-refractivity contribution < 1.29 is 9.90 Å². The van der Waals surface area contributed by atoms with Gasteiger partial charge in [0.05, 0.1) is 12.2 Å². The number of hydrogen-bond acceptors (Lipinski definition) is 6. The maximum atomic E-state index is 12.8. The summed E-state index contributed by atoms with van der Waals surface area (Å²) in [6.45, 7) is 2.80. The van der Waals surface area contributed by atoms with Gasteiger partial charge in [-0.1, -0.05) is 25.3 Å². The fraction of sp³-hybridized carbons (Fsp3) is 0.609. The van der Waals surface area contributed by atoms with Crippen LogP contribution >= 0.6 is 11.3 Å². The van der Waals surface area contributed by atoms with Gasteiger partial charge in [0.25, 0.3) is 0 Å². The summed E-state index contributed by atoms with van der Waals surface area (Å²) in [6.07, 6.45) is 10.5. The van der Waals surface area contributed by atoms with Crippen LogP contribution in [0.4, 0.5) is 0 Å². The molecule has 2 aromatic rings. The quantitative estimate of drug-likeness (QED) is 0.762. The second kappa shape index (κ2) is 9.54. The molecule has 0 spiro atoms. The van der Waals surface area contributed by atoms with Crippen LogP contribution in [0.25, 0.3) is 0 Å². The summed E-state index contributed by atoms with van der Waals surface area (Å²) >= 11 is 1.60. The molecule has 1 N–H and O–H groups in total. The maximum Gasteiger partial charge on any atom is 0.225 e. The molecule has 0 radical (unpaired) electrons. The Morgan fingerprint density at radius 1 is 1.27 bits per heavy atom. The summed E-state index contributed by atoms with van der Waals surface area (Å²) < 4.78 is 0. The summed E-state index contributed by atoms with van der Waals surface area (Å²) in [4.78, 5) is 25.9. The van der Waals surface area contributed by atoms with Crippen molar-refractivity contribution >= 4 is 17.2 Å². The summed E-state index contributed by atoms with van der Waals surface area (Å²) in [5.41, 5.74) is 1.02. The van der Waals surface area contributed by atoms with Gasteiger partial charge in [-0.15, -0.1) is 11.3 Å². The number of pyridine rings is 1. The molecule has 4 rings (SSSR count). The molecule has 6 nitrogen and oxygen atoms in total. The van der Waals surface area contributed by atoms with Gasteiger partial charge < -0.3 is 10.0 Å². The van der Waals surface area contributed by atoms with Crippen LogP contribution in [-0.4, -0.2) is 50.9 Å². The number of aromatic nitrogens is 2. The molecule has 1 saturated carbocycles. The molecule has 1 aliphatic carbocycles. The Labute approximate surface area is 183 Å². The summed E-state index contributed by atoms with van der Waals surface area (Å²) in [6, 6.07) is 4.02. The fourth-order valence-corrected chi connectivity index (χ4v) is 5.61. The van der Waals surface area contributed by atoms with Crippen LogP contribution in [0.3, 0.4) is 0 Å². The number of piperidine rings is 1. The number of likely N-dealkylation sites (tertiary alicyclic amines) is 1.